The van der Waals surface area contributed by atoms with E-state index in [0.29, 0.717) is 35.5 Å². The van der Waals surface area contributed by atoms with Crippen LogP contribution in [-0.4, -0.2) is 19.3 Å². The van der Waals surface area contributed by atoms with Gasteiger partial charge in [0.15, 0.2) is 11.5 Å². The minimum absolute atomic E-state index is 0.0764. The topological polar surface area (TPSA) is 35.5 Å². The molecule has 1 saturated carbocycles. The van der Waals surface area contributed by atoms with Gasteiger partial charge < -0.3 is 9.47 Å². The Morgan fingerprint density at radius 1 is 1.00 bits per heavy atom. The highest BCUT2D eigenvalue weighted by molar-refractivity contribution is 5.77. The highest BCUT2D eigenvalue weighted by Gasteiger charge is 2.33. The molecule has 3 rings (SSSR count). The molecule has 24 heavy (non-hydrogen) atoms. The average molecular weight is 336 g/mol. The molecule has 126 valence electrons. The van der Waals surface area contributed by atoms with E-state index in [1.54, 1.807) is 30.3 Å². The number of benzene rings is 2. The van der Waals surface area contributed by atoms with Crippen molar-refractivity contribution in [2.75, 3.05) is 6.61 Å². The lowest BCUT2D eigenvalue weighted by Crippen LogP contribution is -2.18. The van der Waals surface area contributed by atoms with Crippen LogP contribution in [0.2, 0.25) is 0 Å². The second-order valence-corrected chi connectivity index (χ2v) is 5.70. The molecule has 0 N–H and O–H groups in total. The molecule has 0 saturated heterocycles. The zero-order valence-electron chi connectivity index (χ0n) is 12.7. The Labute approximate surface area is 137 Å². The summed E-state index contributed by atoms with van der Waals surface area (Å²) in [4.78, 5) is 10.7. The molecule has 1 aliphatic rings. The second-order valence-electron chi connectivity index (χ2n) is 5.70. The van der Waals surface area contributed by atoms with Crippen molar-refractivity contribution >= 4 is 6.29 Å². The Bertz CT molecular complexity index is 719. The number of ether oxygens (including phenoxy) is 2. The third kappa shape index (κ3) is 4.28. The van der Waals surface area contributed by atoms with Crippen LogP contribution in [0.3, 0.4) is 0 Å². The number of aldehydes is 1. The fourth-order valence-corrected chi connectivity index (χ4v) is 2.26. The minimum atomic E-state index is -4.79. The standard InChI is InChI=1S/C18H15F3O3/c19-18(20,21)24-17-9-15(14-5-3-12(10-22)4-6-14)7-8-16(17)23-11-13-1-2-13/h3-10,13H,1-2,11H2. The van der Waals surface area contributed by atoms with E-state index in [0.717, 1.165) is 12.8 Å². The van der Waals surface area contributed by atoms with Crippen LogP contribution in [0, 0.1) is 5.92 Å². The van der Waals surface area contributed by atoms with Gasteiger partial charge in [0.25, 0.3) is 0 Å². The van der Waals surface area contributed by atoms with Crippen LogP contribution in [0.1, 0.15) is 23.2 Å². The maximum Gasteiger partial charge on any atom is 0.573 e. The lowest BCUT2D eigenvalue weighted by molar-refractivity contribution is -0.275. The first-order valence-corrected chi connectivity index (χ1v) is 7.53. The number of halogens is 3. The largest absolute Gasteiger partial charge is 0.573 e. The molecule has 1 aliphatic carbocycles. The number of carbonyl (C=O) groups excluding carboxylic acids is 1. The fraction of sp³-hybridized carbons (Fsp3) is 0.278. The quantitative estimate of drug-likeness (QED) is 0.707. The molecule has 3 nitrogen and oxygen atoms in total. The summed E-state index contributed by atoms with van der Waals surface area (Å²) < 4.78 is 47.5. The zero-order valence-corrected chi connectivity index (χ0v) is 12.7. The Kier molecular flexibility index (Phi) is 4.46. The summed E-state index contributed by atoms with van der Waals surface area (Å²) in [6.45, 7) is 0.390. The van der Waals surface area contributed by atoms with E-state index in [-0.39, 0.29) is 11.5 Å². The molecule has 0 amide bonds. The molecule has 1 fully saturated rings. The van der Waals surface area contributed by atoms with Crippen molar-refractivity contribution in [1.82, 2.24) is 0 Å². The average Bonchev–Trinajstić information content (AvgIpc) is 3.36. The van der Waals surface area contributed by atoms with E-state index >= 15 is 0 Å². The van der Waals surface area contributed by atoms with Crippen LogP contribution in [0.25, 0.3) is 11.1 Å². The number of rotatable bonds is 6. The molecule has 2 aromatic rings. The fourth-order valence-electron chi connectivity index (χ4n) is 2.26. The third-order valence-corrected chi connectivity index (χ3v) is 3.72. The maximum atomic E-state index is 12.6. The van der Waals surface area contributed by atoms with Crippen LogP contribution < -0.4 is 9.47 Å². The molecule has 0 atom stereocenters. The predicted octanol–water partition coefficient (Wildman–Crippen LogP) is 4.85. The van der Waals surface area contributed by atoms with Crippen LogP contribution in [0.4, 0.5) is 13.2 Å². The van der Waals surface area contributed by atoms with Crippen molar-refractivity contribution in [2.45, 2.75) is 19.2 Å². The van der Waals surface area contributed by atoms with Gasteiger partial charge in [-0.1, -0.05) is 30.3 Å². The summed E-state index contributed by atoms with van der Waals surface area (Å²) in [5.41, 5.74) is 1.72. The van der Waals surface area contributed by atoms with E-state index in [4.69, 9.17) is 4.74 Å². The summed E-state index contributed by atoms with van der Waals surface area (Å²) in [6, 6.07) is 11.0. The molecule has 0 aromatic heterocycles. The van der Waals surface area contributed by atoms with Gasteiger partial charge in [0.1, 0.15) is 6.29 Å². The van der Waals surface area contributed by atoms with Gasteiger partial charge in [0, 0.05) is 5.56 Å². The maximum absolute atomic E-state index is 12.6. The molecule has 0 spiro atoms. The lowest BCUT2D eigenvalue weighted by Gasteiger charge is -2.15. The van der Waals surface area contributed by atoms with Crippen molar-refractivity contribution in [3.63, 3.8) is 0 Å². The molecule has 6 heteroatoms. The number of hydrogen-bond acceptors (Lipinski definition) is 3. The van der Waals surface area contributed by atoms with E-state index < -0.39 is 6.36 Å². The number of alkyl halides is 3. The minimum Gasteiger partial charge on any atom is -0.489 e. The van der Waals surface area contributed by atoms with Gasteiger partial charge in [0.05, 0.1) is 6.61 Å². The molecule has 0 unspecified atom stereocenters. The highest BCUT2D eigenvalue weighted by Crippen LogP contribution is 2.38. The smallest absolute Gasteiger partial charge is 0.489 e. The van der Waals surface area contributed by atoms with E-state index in [1.807, 2.05) is 0 Å². The monoisotopic (exact) mass is 336 g/mol. The van der Waals surface area contributed by atoms with Crippen LogP contribution in [-0.2, 0) is 0 Å². The Hall–Kier alpha value is -2.50. The van der Waals surface area contributed by atoms with E-state index in [9.17, 15) is 18.0 Å². The van der Waals surface area contributed by atoms with Gasteiger partial charge in [-0.25, -0.2) is 0 Å². The van der Waals surface area contributed by atoms with Crippen molar-refractivity contribution in [2.24, 2.45) is 5.92 Å². The molecule has 0 heterocycles. The summed E-state index contributed by atoms with van der Waals surface area (Å²) in [6.07, 6.45) is -2.01. The SMILES string of the molecule is O=Cc1ccc(-c2ccc(OCC3CC3)c(OC(F)(F)F)c2)cc1. The van der Waals surface area contributed by atoms with E-state index in [2.05, 4.69) is 4.74 Å². The number of carbonyl (C=O) groups is 1. The second kappa shape index (κ2) is 6.55. The van der Waals surface area contributed by atoms with Gasteiger partial charge >= 0.3 is 6.36 Å². The molecular formula is C18H15F3O3. The van der Waals surface area contributed by atoms with E-state index in [1.165, 1.54) is 12.1 Å². The molecular weight excluding hydrogens is 321 g/mol. The first-order valence-electron chi connectivity index (χ1n) is 7.53. The van der Waals surface area contributed by atoms with Gasteiger partial charge in [-0.3, -0.25) is 4.79 Å². The van der Waals surface area contributed by atoms with Gasteiger partial charge in [-0.2, -0.15) is 0 Å². The Morgan fingerprint density at radius 3 is 2.25 bits per heavy atom. The van der Waals surface area contributed by atoms with Crippen LogP contribution in [0.15, 0.2) is 42.5 Å². The zero-order chi connectivity index (χ0) is 17.2. The number of hydrogen-bond donors (Lipinski definition) is 0. The van der Waals surface area contributed by atoms with Crippen molar-refractivity contribution in [3.8, 4) is 22.6 Å². The van der Waals surface area contributed by atoms with Crippen molar-refractivity contribution < 1.29 is 27.4 Å². The highest BCUT2D eigenvalue weighted by atomic mass is 19.4. The van der Waals surface area contributed by atoms with Crippen molar-refractivity contribution in [1.29, 1.82) is 0 Å². The molecule has 0 bridgehead atoms. The van der Waals surface area contributed by atoms with Crippen LogP contribution in [0.5, 0.6) is 11.5 Å². The predicted molar refractivity (Wildman–Crippen MR) is 82.2 cm³/mol. The van der Waals surface area contributed by atoms with Crippen LogP contribution >= 0.6 is 0 Å². The van der Waals surface area contributed by atoms with Gasteiger partial charge in [-0.05, 0) is 42.0 Å². The Morgan fingerprint density at radius 2 is 1.67 bits per heavy atom. The first kappa shape index (κ1) is 16.4. The molecule has 0 radical (unpaired) electrons. The first-order chi connectivity index (χ1) is 11.4. The third-order valence-electron chi connectivity index (χ3n) is 3.72. The lowest BCUT2D eigenvalue weighted by atomic mass is 10.0. The Balaban J connectivity index is 1.88. The summed E-state index contributed by atoms with van der Waals surface area (Å²) in [5.74, 6) is 0.131. The molecule has 0 aliphatic heterocycles. The van der Waals surface area contributed by atoms with Gasteiger partial charge in [0.2, 0.25) is 0 Å². The summed E-state index contributed by atoms with van der Waals surface area (Å²) in [7, 11) is 0. The van der Waals surface area contributed by atoms with Gasteiger partial charge in [-0.15, -0.1) is 13.2 Å². The van der Waals surface area contributed by atoms with Crippen molar-refractivity contribution in [3.05, 3.63) is 48.0 Å². The summed E-state index contributed by atoms with van der Waals surface area (Å²) in [5, 5.41) is 0. The normalized spacial score (nSPS) is 14.3. The summed E-state index contributed by atoms with van der Waals surface area (Å²) >= 11 is 0. The molecule has 2 aromatic carbocycles.